The van der Waals surface area contributed by atoms with Gasteiger partial charge >= 0.3 is 0 Å². The van der Waals surface area contributed by atoms with Crippen LogP contribution >= 0.6 is 12.2 Å². The Labute approximate surface area is 154 Å². The van der Waals surface area contributed by atoms with Gasteiger partial charge in [0.1, 0.15) is 12.6 Å². The van der Waals surface area contributed by atoms with E-state index < -0.39 is 0 Å². The molecule has 0 spiro atoms. The number of thiocarbonyl (C=S) groups is 1. The Kier molecular flexibility index (Phi) is 4.97. The molecule has 0 amide bonds. The molecular weight excluding hydrogens is 330 g/mol. The van der Waals surface area contributed by atoms with Gasteiger partial charge in [-0.15, -0.1) is 0 Å². The van der Waals surface area contributed by atoms with Gasteiger partial charge in [0.15, 0.2) is 18.4 Å². The molecule has 1 atom stereocenters. The Bertz CT molecular complexity index is 652. The molecule has 4 nitrogen and oxygen atoms in total. The monoisotopic (exact) mass is 354 g/mol. The minimum Gasteiger partial charge on any atom is -0.372 e. The summed E-state index contributed by atoms with van der Waals surface area (Å²) >= 11 is 5.86. The van der Waals surface area contributed by atoms with Crippen molar-refractivity contribution < 1.29 is 9.64 Å². The average Bonchev–Trinajstić information content (AvgIpc) is 3.17. The molecule has 2 heterocycles. The summed E-state index contributed by atoms with van der Waals surface area (Å²) in [5.74, 6) is 0. The van der Waals surface area contributed by atoms with Crippen LogP contribution in [0.4, 0.5) is 11.4 Å². The highest BCUT2D eigenvalue weighted by Gasteiger charge is 2.34. The van der Waals surface area contributed by atoms with E-state index in [9.17, 15) is 0 Å². The van der Waals surface area contributed by atoms with Gasteiger partial charge in [0.05, 0.1) is 0 Å². The molecule has 0 aliphatic carbocycles. The minimum atomic E-state index is 0.372. The highest BCUT2D eigenvalue weighted by molar-refractivity contribution is 7.80. The predicted molar refractivity (Wildman–Crippen MR) is 105 cm³/mol. The third kappa shape index (κ3) is 3.68. The van der Waals surface area contributed by atoms with Crippen LogP contribution < -0.4 is 14.7 Å². The van der Waals surface area contributed by atoms with Crippen molar-refractivity contribution in [2.45, 2.75) is 18.9 Å². The van der Waals surface area contributed by atoms with E-state index >= 15 is 0 Å². The smallest absolute Gasteiger partial charge is 0.189 e. The van der Waals surface area contributed by atoms with Gasteiger partial charge in [0, 0.05) is 18.0 Å². The Morgan fingerprint density at radius 3 is 1.96 bits per heavy atom. The van der Waals surface area contributed by atoms with Crippen LogP contribution in [0.25, 0.3) is 0 Å². The van der Waals surface area contributed by atoms with Gasteiger partial charge in [-0.3, -0.25) is 14.7 Å². The lowest BCUT2D eigenvalue weighted by Gasteiger charge is -2.42. The van der Waals surface area contributed by atoms with Gasteiger partial charge in [-0.2, -0.15) is 0 Å². The quantitative estimate of drug-likeness (QED) is 0.850. The molecule has 2 aromatic carbocycles. The number of hydrogen-bond acceptors (Lipinski definition) is 2. The third-order valence-electron chi connectivity index (χ3n) is 4.90. The maximum Gasteiger partial charge on any atom is 0.189 e. The van der Waals surface area contributed by atoms with Gasteiger partial charge in [0.2, 0.25) is 0 Å². The van der Waals surface area contributed by atoms with E-state index in [-0.39, 0.29) is 0 Å². The Morgan fingerprint density at radius 1 is 0.920 bits per heavy atom. The maximum atomic E-state index is 5.87. The molecule has 0 saturated carbocycles. The molecule has 2 aliphatic rings. The fraction of sp³-hybridized carbons (Fsp3) is 0.350. The topological polar surface area (TPSA) is 20.1 Å². The summed E-state index contributed by atoms with van der Waals surface area (Å²) in [5.41, 5.74) is 2.30. The van der Waals surface area contributed by atoms with Crippen LogP contribution in [0.1, 0.15) is 12.8 Å². The minimum absolute atomic E-state index is 0.372. The SMILES string of the molecule is S=C1N(c2ccccc2)C[NH+](C[C@@H]2CCCO2)CN1c1ccccc1. The molecule has 0 unspecified atom stereocenters. The normalized spacial score (nSPS) is 21.8. The summed E-state index contributed by atoms with van der Waals surface area (Å²) in [5, 5.41) is 0.869. The fourth-order valence-electron chi connectivity index (χ4n) is 3.65. The zero-order valence-electron chi connectivity index (χ0n) is 14.3. The molecule has 5 heteroatoms. The van der Waals surface area contributed by atoms with Crippen LogP contribution in [0.5, 0.6) is 0 Å². The second-order valence-corrected chi connectivity index (χ2v) is 7.08. The van der Waals surface area contributed by atoms with E-state index in [4.69, 9.17) is 17.0 Å². The molecule has 2 saturated heterocycles. The number of rotatable bonds is 4. The average molecular weight is 354 g/mol. The zero-order chi connectivity index (χ0) is 17.1. The van der Waals surface area contributed by atoms with E-state index in [2.05, 4.69) is 58.3 Å². The van der Waals surface area contributed by atoms with E-state index in [1.54, 1.807) is 0 Å². The van der Waals surface area contributed by atoms with Gasteiger partial charge in [-0.1, -0.05) is 36.4 Å². The van der Waals surface area contributed by atoms with Crippen molar-refractivity contribution >= 4 is 28.7 Å². The second-order valence-electron chi connectivity index (χ2n) is 6.72. The zero-order valence-corrected chi connectivity index (χ0v) is 15.1. The first kappa shape index (κ1) is 16.5. The van der Waals surface area contributed by atoms with E-state index in [0.717, 1.165) is 43.0 Å². The number of nitrogens with zero attached hydrogens (tertiary/aromatic N) is 2. The van der Waals surface area contributed by atoms with Crippen molar-refractivity contribution in [3.63, 3.8) is 0 Å². The molecule has 2 aromatic rings. The van der Waals surface area contributed by atoms with E-state index in [1.807, 2.05) is 12.1 Å². The first-order chi connectivity index (χ1) is 12.3. The molecule has 0 radical (unpaired) electrons. The first-order valence-corrected chi connectivity index (χ1v) is 9.36. The summed E-state index contributed by atoms with van der Waals surface area (Å²) in [4.78, 5) is 5.97. The van der Waals surface area contributed by atoms with Crippen molar-refractivity contribution in [2.75, 3.05) is 36.3 Å². The first-order valence-electron chi connectivity index (χ1n) is 8.95. The molecule has 130 valence electrons. The third-order valence-corrected chi connectivity index (χ3v) is 5.34. The number of quaternary nitrogens is 1. The standard InChI is InChI=1S/C20H23N3OS/c25-20-22(17-8-3-1-4-9-17)15-21(14-19-12-7-13-24-19)16-23(20)18-10-5-2-6-11-18/h1-6,8-11,19H,7,12-16H2/p+1/t19-/m0/s1. The number of benzene rings is 2. The van der Waals surface area contributed by atoms with Crippen LogP contribution in [0.2, 0.25) is 0 Å². The fourth-order valence-corrected chi connectivity index (χ4v) is 3.99. The van der Waals surface area contributed by atoms with Crippen LogP contribution in [-0.4, -0.2) is 37.7 Å². The maximum absolute atomic E-state index is 5.87. The number of anilines is 2. The van der Waals surface area contributed by atoms with Gasteiger partial charge in [0.25, 0.3) is 0 Å². The van der Waals surface area contributed by atoms with E-state index in [0.29, 0.717) is 6.10 Å². The number of ether oxygens (including phenoxy) is 1. The van der Waals surface area contributed by atoms with Crippen LogP contribution in [0.3, 0.4) is 0 Å². The molecule has 0 bridgehead atoms. The van der Waals surface area contributed by atoms with Crippen molar-refractivity contribution in [1.29, 1.82) is 0 Å². The molecule has 4 rings (SSSR count). The summed E-state index contributed by atoms with van der Waals surface area (Å²) in [7, 11) is 0. The lowest BCUT2D eigenvalue weighted by Crippen LogP contribution is -3.18. The highest BCUT2D eigenvalue weighted by Crippen LogP contribution is 2.21. The largest absolute Gasteiger partial charge is 0.372 e. The Balaban J connectivity index is 1.60. The predicted octanol–water partition coefficient (Wildman–Crippen LogP) is 2.28. The van der Waals surface area contributed by atoms with Gasteiger partial charge in [-0.25, -0.2) is 0 Å². The summed E-state index contributed by atoms with van der Waals surface area (Å²) in [6.45, 7) is 3.69. The summed E-state index contributed by atoms with van der Waals surface area (Å²) in [6.07, 6.45) is 2.73. The molecule has 2 fully saturated rings. The molecule has 2 aliphatic heterocycles. The molecule has 0 aromatic heterocycles. The molecule has 1 N–H and O–H groups in total. The van der Waals surface area contributed by atoms with Crippen LogP contribution in [0, 0.1) is 0 Å². The lowest BCUT2D eigenvalue weighted by atomic mass is 10.2. The second kappa shape index (κ2) is 7.52. The van der Waals surface area contributed by atoms with Crippen molar-refractivity contribution in [3.8, 4) is 0 Å². The van der Waals surface area contributed by atoms with Crippen LogP contribution in [-0.2, 0) is 4.74 Å². The van der Waals surface area contributed by atoms with Crippen LogP contribution in [0.15, 0.2) is 60.7 Å². The lowest BCUT2D eigenvalue weighted by molar-refractivity contribution is -0.902. The van der Waals surface area contributed by atoms with E-state index in [1.165, 1.54) is 17.7 Å². The van der Waals surface area contributed by atoms with Gasteiger partial charge < -0.3 is 4.74 Å². The van der Waals surface area contributed by atoms with Crippen molar-refractivity contribution in [3.05, 3.63) is 60.7 Å². The van der Waals surface area contributed by atoms with Gasteiger partial charge in [-0.05, 0) is 49.3 Å². The summed E-state index contributed by atoms with van der Waals surface area (Å²) < 4.78 is 5.87. The summed E-state index contributed by atoms with van der Waals surface area (Å²) in [6, 6.07) is 20.9. The molecule has 25 heavy (non-hydrogen) atoms. The Hall–Kier alpha value is -1.95. The van der Waals surface area contributed by atoms with Crippen molar-refractivity contribution in [1.82, 2.24) is 0 Å². The Morgan fingerprint density at radius 2 is 1.48 bits per heavy atom. The highest BCUT2D eigenvalue weighted by atomic mass is 32.1. The molecular formula is C20H24N3OS+. The number of nitrogens with one attached hydrogen (secondary N) is 1. The number of hydrogen-bond donors (Lipinski definition) is 1. The van der Waals surface area contributed by atoms with Crippen molar-refractivity contribution in [2.24, 2.45) is 0 Å². The number of para-hydroxylation sites is 2.